The van der Waals surface area contributed by atoms with Crippen molar-refractivity contribution in [1.29, 1.82) is 0 Å². The van der Waals surface area contributed by atoms with Crippen LogP contribution in [0, 0.1) is 20.8 Å². The molecule has 0 saturated heterocycles. The second-order valence-electron chi connectivity index (χ2n) is 8.86. The number of aromatic nitrogens is 1. The maximum absolute atomic E-state index is 13.2. The van der Waals surface area contributed by atoms with Crippen molar-refractivity contribution in [3.05, 3.63) is 53.1 Å². The Bertz CT molecular complexity index is 1220. The molecule has 178 valence electrons. The molecule has 0 aliphatic heterocycles. The average Bonchev–Trinajstić information content (AvgIpc) is 3.15. The maximum Gasteiger partial charge on any atom is 0.228 e. The number of thiazole rings is 1. The summed E-state index contributed by atoms with van der Waals surface area (Å²) in [7, 11) is 0.599. The number of benzene rings is 2. The highest BCUT2D eigenvalue weighted by Gasteiger charge is 2.22. The van der Waals surface area contributed by atoms with Gasteiger partial charge in [0.1, 0.15) is 0 Å². The van der Waals surface area contributed by atoms with Gasteiger partial charge in [-0.05, 0) is 83.6 Å². The topological polar surface area (TPSA) is 70.6 Å². The Balaban J connectivity index is 1.74. The van der Waals surface area contributed by atoms with Crippen molar-refractivity contribution in [3.63, 3.8) is 0 Å². The number of anilines is 1. The number of amides is 1. The molecular weight excluding hydrogens is 454 g/mol. The van der Waals surface area contributed by atoms with Gasteiger partial charge in [0.15, 0.2) is 15.0 Å². The largest absolute Gasteiger partial charge is 0.309 e. The van der Waals surface area contributed by atoms with Crippen molar-refractivity contribution in [2.24, 2.45) is 0 Å². The van der Waals surface area contributed by atoms with Gasteiger partial charge in [0.05, 0.1) is 20.9 Å². The molecule has 3 rings (SSSR count). The van der Waals surface area contributed by atoms with E-state index in [1.807, 2.05) is 34.0 Å². The second kappa shape index (κ2) is 10.8. The summed E-state index contributed by atoms with van der Waals surface area (Å²) in [5.41, 5.74) is 4.21. The summed E-state index contributed by atoms with van der Waals surface area (Å²) in [6.45, 7) is 7.43. The first-order valence-electron chi connectivity index (χ1n) is 11.2. The maximum atomic E-state index is 13.2. The van der Waals surface area contributed by atoms with Crippen LogP contribution in [0.2, 0.25) is 0 Å². The molecule has 0 saturated carbocycles. The first-order chi connectivity index (χ1) is 15.6. The minimum atomic E-state index is -3.41. The predicted octanol–water partition coefficient (Wildman–Crippen LogP) is 4.76. The van der Waals surface area contributed by atoms with Crippen molar-refractivity contribution >= 4 is 42.4 Å². The third kappa shape index (κ3) is 6.62. The Morgan fingerprint density at radius 1 is 0.970 bits per heavy atom. The van der Waals surface area contributed by atoms with E-state index in [2.05, 4.69) is 17.9 Å². The molecule has 0 unspecified atom stereocenters. The van der Waals surface area contributed by atoms with Crippen LogP contribution in [0.15, 0.2) is 41.3 Å². The van der Waals surface area contributed by atoms with Crippen LogP contribution in [0.5, 0.6) is 0 Å². The molecule has 8 heteroatoms. The summed E-state index contributed by atoms with van der Waals surface area (Å²) in [4.78, 5) is 22.1. The number of carbonyl (C=O) groups is 1. The molecule has 0 aliphatic carbocycles. The first kappa shape index (κ1) is 25.3. The Morgan fingerprint density at radius 2 is 1.67 bits per heavy atom. The Hall–Kier alpha value is -2.29. The number of nitrogens with zero attached hydrogens (tertiary/aromatic N) is 3. The molecule has 0 bridgehead atoms. The van der Waals surface area contributed by atoms with Gasteiger partial charge < -0.3 is 4.90 Å². The lowest BCUT2D eigenvalue weighted by Gasteiger charge is -2.21. The van der Waals surface area contributed by atoms with E-state index in [-0.39, 0.29) is 24.5 Å². The lowest BCUT2D eigenvalue weighted by molar-refractivity contribution is -0.118. The molecule has 33 heavy (non-hydrogen) atoms. The average molecular weight is 488 g/mol. The van der Waals surface area contributed by atoms with Gasteiger partial charge in [-0.1, -0.05) is 35.1 Å². The van der Waals surface area contributed by atoms with Crippen LogP contribution in [0.4, 0.5) is 5.13 Å². The Labute approximate surface area is 201 Å². The monoisotopic (exact) mass is 487 g/mol. The van der Waals surface area contributed by atoms with E-state index in [0.29, 0.717) is 16.6 Å². The zero-order chi connectivity index (χ0) is 24.2. The van der Waals surface area contributed by atoms with Gasteiger partial charge in [-0.25, -0.2) is 13.4 Å². The highest BCUT2D eigenvalue weighted by atomic mass is 32.2. The number of sulfone groups is 1. The molecule has 0 fully saturated rings. The lowest BCUT2D eigenvalue weighted by atomic mass is 10.1. The molecule has 0 aliphatic rings. The fourth-order valence-electron chi connectivity index (χ4n) is 3.76. The molecule has 1 heterocycles. The van der Waals surface area contributed by atoms with Gasteiger partial charge in [0.2, 0.25) is 5.91 Å². The van der Waals surface area contributed by atoms with Crippen molar-refractivity contribution in [3.8, 4) is 0 Å². The smallest absolute Gasteiger partial charge is 0.228 e. The fourth-order valence-corrected chi connectivity index (χ4v) is 6.13. The SMILES string of the molecule is Cc1ccc(S(=O)(=O)CCCC(=O)N(CCCN(C)C)c2nc3cc(C)cc(C)c3s2)cc1. The molecule has 2 aromatic carbocycles. The minimum Gasteiger partial charge on any atom is -0.309 e. The normalized spacial score (nSPS) is 11.9. The Morgan fingerprint density at radius 3 is 2.33 bits per heavy atom. The molecule has 0 atom stereocenters. The molecule has 3 aromatic rings. The van der Waals surface area contributed by atoms with E-state index in [1.54, 1.807) is 29.2 Å². The van der Waals surface area contributed by atoms with Crippen LogP contribution in [-0.4, -0.2) is 57.1 Å². The van der Waals surface area contributed by atoms with Crippen LogP contribution in [-0.2, 0) is 14.6 Å². The van der Waals surface area contributed by atoms with Gasteiger partial charge in [-0.3, -0.25) is 9.69 Å². The van der Waals surface area contributed by atoms with E-state index in [0.717, 1.165) is 39.9 Å². The van der Waals surface area contributed by atoms with Crippen LogP contribution in [0.3, 0.4) is 0 Å². The molecule has 1 aromatic heterocycles. The summed E-state index contributed by atoms with van der Waals surface area (Å²) in [5.74, 6) is -0.132. The minimum absolute atomic E-state index is 0.0501. The van der Waals surface area contributed by atoms with E-state index in [4.69, 9.17) is 4.98 Å². The van der Waals surface area contributed by atoms with Crippen LogP contribution in [0.1, 0.15) is 36.0 Å². The third-order valence-corrected chi connectivity index (χ3v) is 8.56. The summed E-state index contributed by atoms with van der Waals surface area (Å²) < 4.78 is 26.4. The van der Waals surface area contributed by atoms with Gasteiger partial charge in [0.25, 0.3) is 0 Å². The number of hydrogen-bond acceptors (Lipinski definition) is 6. The number of hydrogen-bond donors (Lipinski definition) is 0. The number of aryl methyl sites for hydroxylation is 3. The van der Waals surface area contributed by atoms with E-state index >= 15 is 0 Å². The van der Waals surface area contributed by atoms with Crippen LogP contribution >= 0.6 is 11.3 Å². The van der Waals surface area contributed by atoms with Crippen molar-refractivity contribution in [2.75, 3.05) is 37.8 Å². The molecule has 0 radical (unpaired) electrons. The lowest BCUT2D eigenvalue weighted by Crippen LogP contribution is -2.33. The van der Waals surface area contributed by atoms with Crippen molar-refractivity contribution in [1.82, 2.24) is 9.88 Å². The standard InChI is InChI=1S/C25H33N3O3S2/c1-18-9-11-21(12-10-18)33(30,31)15-6-8-23(29)28(14-7-13-27(4)5)25-26-22-17-19(2)16-20(3)24(22)32-25/h9-12,16-17H,6-8,13-15H2,1-5H3. The van der Waals surface area contributed by atoms with E-state index in [9.17, 15) is 13.2 Å². The number of fused-ring (bicyclic) bond motifs is 1. The zero-order valence-electron chi connectivity index (χ0n) is 20.1. The molecule has 1 amide bonds. The van der Waals surface area contributed by atoms with Gasteiger partial charge >= 0.3 is 0 Å². The van der Waals surface area contributed by atoms with Gasteiger partial charge in [-0.2, -0.15) is 0 Å². The molecule has 0 N–H and O–H groups in total. The van der Waals surface area contributed by atoms with Gasteiger partial charge in [-0.15, -0.1) is 0 Å². The van der Waals surface area contributed by atoms with Crippen LogP contribution in [0.25, 0.3) is 10.2 Å². The highest BCUT2D eigenvalue weighted by Crippen LogP contribution is 2.32. The van der Waals surface area contributed by atoms with E-state index in [1.165, 1.54) is 11.3 Å². The molecular formula is C25H33N3O3S2. The summed E-state index contributed by atoms with van der Waals surface area (Å²) in [5, 5.41) is 0.684. The highest BCUT2D eigenvalue weighted by molar-refractivity contribution is 7.91. The zero-order valence-corrected chi connectivity index (χ0v) is 21.7. The van der Waals surface area contributed by atoms with Crippen molar-refractivity contribution < 1.29 is 13.2 Å². The quantitative estimate of drug-likeness (QED) is 0.412. The second-order valence-corrected chi connectivity index (χ2v) is 12.0. The third-order valence-electron chi connectivity index (χ3n) is 5.51. The van der Waals surface area contributed by atoms with E-state index < -0.39 is 9.84 Å². The van der Waals surface area contributed by atoms with Crippen LogP contribution < -0.4 is 4.90 Å². The Kier molecular flexibility index (Phi) is 8.26. The predicted molar refractivity (Wildman–Crippen MR) is 137 cm³/mol. The summed E-state index contributed by atoms with van der Waals surface area (Å²) >= 11 is 1.53. The summed E-state index contributed by atoms with van der Waals surface area (Å²) in [6, 6.07) is 11.0. The summed E-state index contributed by atoms with van der Waals surface area (Å²) in [6.07, 6.45) is 1.26. The molecule has 6 nitrogen and oxygen atoms in total. The number of rotatable bonds is 10. The van der Waals surface area contributed by atoms with Gasteiger partial charge in [0, 0.05) is 13.0 Å². The fraction of sp³-hybridized carbons (Fsp3) is 0.440. The van der Waals surface area contributed by atoms with Crippen molar-refractivity contribution in [2.45, 2.75) is 44.9 Å². The number of carbonyl (C=O) groups excluding carboxylic acids is 1. The first-order valence-corrected chi connectivity index (χ1v) is 13.7. The molecule has 0 spiro atoms.